The van der Waals surface area contributed by atoms with Gasteiger partial charge in [0.1, 0.15) is 0 Å². The molecule has 0 heterocycles. The Morgan fingerprint density at radius 1 is 1.45 bits per heavy atom. The zero-order chi connectivity index (χ0) is 8.65. The summed E-state index contributed by atoms with van der Waals surface area (Å²) in [4.78, 5) is 0. The average Bonchev–Trinajstić information content (AvgIpc) is 2.45. The Hall–Kier alpha value is -0.0800. The molecule has 11 heavy (non-hydrogen) atoms. The van der Waals surface area contributed by atoms with Crippen LogP contribution in [0.4, 0.5) is 0 Å². The molecule has 1 aliphatic rings. The third-order valence-corrected chi connectivity index (χ3v) is 2.71. The van der Waals surface area contributed by atoms with Crippen molar-refractivity contribution < 1.29 is 0 Å². The lowest BCUT2D eigenvalue weighted by atomic mass is 9.83. The molecular weight excluding hydrogens is 136 g/mol. The molecule has 0 aromatic carbocycles. The fourth-order valence-corrected chi connectivity index (χ4v) is 1.83. The van der Waals surface area contributed by atoms with Gasteiger partial charge in [-0.1, -0.05) is 27.7 Å². The molecule has 3 atom stereocenters. The van der Waals surface area contributed by atoms with Gasteiger partial charge in [0.05, 0.1) is 0 Å². The molecule has 0 radical (unpaired) electrons. The molecule has 1 saturated carbocycles. The summed E-state index contributed by atoms with van der Waals surface area (Å²) in [7, 11) is 0. The highest BCUT2D eigenvalue weighted by Gasteiger charge is 2.43. The van der Waals surface area contributed by atoms with Gasteiger partial charge in [-0.15, -0.1) is 0 Å². The Labute approximate surface area is 69.5 Å². The molecule has 0 spiro atoms. The van der Waals surface area contributed by atoms with Gasteiger partial charge in [-0.3, -0.25) is 11.3 Å². The van der Waals surface area contributed by atoms with Crippen LogP contribution in [0.5, 0.6) is 0 Å². The molecule has 3 N–H and O–H groups in total. The summed E-state index contributed by atoms with van der Waals surface area (Å²) in [5, 5.41) is 0. The fourth-order valence-electron chi connectivity index (χ4n) is 1.83. The second-order valence-electron chi connectivity index (χ2n) is 4.89. The van der Waals surface area contributed by atoms with Gasteiger partial charge in [-0.2, -0.15) is 0 Å². The number of nitrogens with two attached hydrogens (primary N) is 1. The second kappa shape index (κ2) is 2.76. The molecular formula is C9H20N2. The van der Waals surface area contributed by atoms with Gasteiger partial charge >= 0.3 is 0 Å². The summed E-state index contributed by atoms with van der Waals surface area (Å²) in [6.07, 6.45) is 1.34. The van der Waals surface area contributed by atoms with E-state index in [1.54, 1.807) is 0 Å². The van der Waals surface area contributed by atoms with Crippen LogP contribution in [0.15, 0.2) is 0 Å². The number of hydrogen-bond donors (Lipinski definition) is 2. The van der Waals surface area contributed by atoms with Crippen LogP contribution in [-0.4, -0.2) is 6.04 Å². The first-order chi connectivity index (χ1) is 4.96. The zero-order valence-corrected chi connectivity index (χ0v) is 8.02. The Morgan fingerprint density at radius 3 is 2.00 bits per heavy atom. The monoisotopic (exact) mass is 156 g/mol. The SMILES string of the molecule is CC1CC1C(NN)C(C)(C)C. The third-order valence-electron chi connectivity index (χ3n) is 2.71. The van der Waals surface area contributed by atoms with Crippen molar-refractivity contribution in [2.24, 2.45) is 23.1 Å². The van der Waals surface area contributed by atoms with Crippen LogP contribution < -0.4 is 11.3 Å². The van der Waals surface area contributed by atoms with Gasteiger partial charge in [0.25, 0.3) is 0 Å². The molecule has 0 saturated heterocycles. The smallest absolute Gasteiger partial charge is 0.0289 e. The highest BCUT2D eigenvalue weighted by atomic mass is 15.2. The molecule has 0 aromatic rings. The lowest BCUT2D eigenvalue weighted by molar-refractivity contribution is 0.237. The van der Waals surface area contributed by atoms with Crippen molar-refractivity contribution in [3.63, 3.8) is 0 Å². The third kappa shape index (κ3) is 1.94. The largest absolute Gasteiger partial charge is 0.271 e. The van der Waals surface area contributed by atoms with Crippen LogP contribution in [0.1, 0.15) is 34.1 Å². The lowest BCUT2D eigenvalue weighted by Crippen LogP contribution is -2.46. The molecule has 3 unspecified atom stereocenters. The van der Waals surface area contributed by atoms with Gasteiger partial charge in [0.2, 0.25) is 0 Å². The van der Waals surface area contributed by atoms with E-state index in [0.29, 0.717) is 11.5 Å². The van der Waals surface area contributed by atoms with Crippen molar-refractivity contribution in [3.05, 3.63) is 0 Å². The lowest BCUT2D eigenvalue weighted by Gasteiger charge is -2.30. The first kappa shape index (κ1) is 9.01. The van der Waals surface area contributed by atoms with E-state index in [2.05, 4.69) is 33.1 Å². The van der Waals surface area contributed by atoms with Crippen LogP contribution in [0.2, 0.25) is 0 Å². The highest BCUT2D eigenvalue weighted by molar-refractivity contribution is 4.96. The first-order valence-corrected chi connectivity index (χ1v) is 4.43. The Balaban J connectivity index is 2.51. The number of rotatable bonds is 2. The summed E-state index contributed by atoms with van der Waals surface area (Å²) in [6, 6.07) is 0.484. The fraction of sp³-hybridized carbons (Fsp3) is 1.00. The molecule has 66 valence electrons. The van der Waals surface area contributed by atoms with Crippen LogP contribution in [-0.2, 0) is 0 Å². The predicted molar refractivity (Wildman–Crippen MR) is 47.8 cm³/mol. The van der Waals surface area contributed by atoms with Crippen molar-refractivity contribution >= 4 is 0 Å². The van der Waals surface area contributed by atoms with E-state index >= 15 is 0 Å². The first-order valence-electron chi connectivity index (χ1n) is 4.43. The van der Waals surface area contributed by atoms with Gasteiger partial charge in [0, 0.05) is 6.04 Å². The van der Waals surface area contributed by atoms with E-state index in [0.717, 1.165) is 11.8 Å². The molecule has 0 amide bonds. The minimum absolute atomic E-state index is 0.296. The summed E-state index contributed by atoms with van der Waals surface area (Å²) in [5.74, 6) is 7.19. The molecule has 0 bridgehead atoms. The van der Waals surface area contributed by atoms with Crippen molar-refractivity contribution in [3.8, 4) is 0 Å². The molecule has 1 rings (SSSR count). The quantitative estimate of drug-likeness (QED) is 0.470. The minimum atomic E-state index is 0.296. The molecule has 0 aromatic heterocycles. The summed E-state index contributed by atoms with van der Waals surface area (Å²) >= 11 is 0. The van der Waals surface area contributed by atoms with E-state index in [4.69, 9.17) is 5.84 Å². The van der Waals surface area contributed by atoms with E-state index in [1.165, 1.54) is 6.42 Å². The van der Waals surface area contributed by atoms with Crippen molar-refractivity contribution in [1.29, 1.82) is 0 Å². The second-order valence-corrected chi connectivity index (χ2v) is 4.89. The Bertz CT molecular complexity index is 137. The standard InChI is InChI=1S/C9H20N2/c1-6-5-7(6)8(11-10)9(2,3)4/h6-8,11H,5,10H2,1-4H3. The average molecular weight is 156 g/mol. The minimum Gasteiger partial charge on any atom is -0.271 e. The Kier molecular flexibility index (Phi) is 2.26. The highest BCUT2D eigenvalue weighted by Crippen LogP contribution is 2.45. The normalized spacial score (nSPS) is 33.5. The maximum Gasteiger partial charge on any atom is 0.0289 e. The van der Waals surface area contributed by atoms with Crippen LogP contribution in [0, 0.1) is 17.3 Å². The summed E-state index contributed by atoms with van der Waals surface area (Å²) < 4.78 is 0. The van der Waals surface area contributed by atoms with Crippen LogP contribution in [0.3, 0.4) is 0 Å². The van der Waals surface area contributed by atoms with Gasteiger partial charge < -0.3 is 0 Å². The molecule has 1 aliphatic carbocycles. The Morgan fingerprint density at radius 2 is 1.91 bits per heavy atom. The number of hydrogen-bond acceptors (Lipinski definition) is 2. The van der Waals surface area contributed by atoms with Crippen molar-refractivity contribution in [2.75, 3.05) is 0 Å². The van der Waals surface area contributed by atoms with Gasteiger partial charge in [-0.25, -0.2) is 0 Å². The maximum absolute atomic E-state index is 5.51. The summed E-state index contributed by atoms with van der Waals surface area (Å²) in [6.45, 7) is 9.01. The number of hydrazine groups is 1. The van der Waals surface area contributed by atoms with Gasteiger partial charge in [-0.05, 0) is 23.7 Å². The molecule has 2 nitrogen and oxygen atoms in total. The molecule has 1 fully saturated rings. The number of nitrogens with one attached hydrogen (secondary N) is 1. The van der Waals surface area contributed by atoms with Crippen LogP contribution >= 0.6 is 0 Å². The van der Waals surface area contributed by atoms with Gasteiger partial charge in [0.15, 0.2) is 0 Å². The van der Waals surface area contributed by atoms with E-state index in [1.807, 2.05) is 0 Å². The topological polar surface area (TPSA) is 38.0 Å². The predicted octanol–water partition coefficient (Wildman–Crippen LogP) is 1.52. The van der Waals surface area contributed by atoms with E-state index in [-0.39, 0.29) is 0 Å². The molecule has 2 heteroatoms. The summed E-state index contributed by atoms with van der Waals surface area (Å²) in [5.41, 5.74) is 3.23. The zero-order valence-electron chi connectivity index (χ0n) is 8.02. The van der Waals surface area contributed by atoms with E-state index in [9.17, 15) is 0 Å². The van der Waals surface area contributed by atoms with Crippen molar-refractivity contribution in [1.82, 2.24) is 5.43 Å². The van der Waals surface area contributed by atoms with Crippen LogP contribution in [0.25, 0.3) is 0 Å². The maximum atomic E-state index is 5.51. The van der Waals surface area contributed by atoms with Crippen molar-refractivity contribution in [2.45, 2.75) is 40.2 Å². The molecule has 0 aliphatic heterocycles. The van der Waals surface area contributed by atoms with E-state index < -0.39 is 0 Å².